The third kappa shape index (κ3) is 4.62. The molecule has 1 aromatic rings. The topological polar surface area (TPSA) is 46.2 Å². The molecule has 106 valence electrons. The van der Waals surface area contributed by atoms with Gasteiger partial charge in [-0.2, -0.15) is 0 Å². The van der Waals surface area contributed by atoms with E-state index in [0.717, 1.165) is 6.42 Å². The summed E-state index contributed by atoms with van der Waals surface area (Å²) in [5.74, 6) is 0.695. The molecular formula is C15H23NO2S. The van der Waals surface area contributed by atoms with Crippen LogP contribution in [0.15, 0.2) is 35.2 Å². The lowest BCUT2D eigenvalue weighted by Crippen LogP contribution is -2.26. The highest BCUT2D eigenvalue weighted by atomic mass is 32.2. The molecule has 1 fully saturated rings. The minimum absolute atomic E-state index is 0.357. The highest BCUT2D eigenvalue weighted by Gasteiger charge is 2.15. The number of nitrogens with one attached hydrogen (secondary N) is 1. The quantitative estimate of drug-likeness (QED) is 0.842. The lowest BCUT2D eigenvalue weighted by Gasteiger charge is -2.14. The van der Waals surface area contributed by atoms with Gasteiger partial charge in [0.1, 0.15) is 0 Å². The molecule has 0 aliphatic heterocycles. The van der Waals surface area contributed by atoms with Gasteiger partial charge in [-0.05, 0) is 24.5 Å². The van der Waals surface area contributed by atoms with E-state index in [1.165, 1.54) is 38.5 Å². The summed E-state index contributed by atoms with van der Waals surface area (Å²) in [5.41, 5.74) is 0. The van der Waals surface area contributed by atoms with Crippen LogP contribution in [-0.4, -0.2) is 15.0 Å². The maximum absolute atomic E-state index is 12.0. The number of sulfonamides is 1. The Hall–Kier alpha value is -0.870. The van der Waals surface area contributed by atoms with Crippen LogP contribution in [0.2, 0.25) is 0 Å². The van der Waals surface area contributed by atoms with Gasteiger partial charge in [-0.15, -0.1) is 0 Å². The third-order valence-electron chi connectivity index (χ3n) is 3.87. The third-order valence-corrected chi connectivity index (χ3v) is 5.35. The van der Waals surface area contributed by atoms with Crippen molar-refractivity contribution in [2.75, 3.05) is 6.54 Å². The molecule has 1 saturated carbocycles. The van der Waals surface area contributed by atoms with E-state index in [-0.39, 0.29) is 0 Å². The zero-order valence-electron chi connectivity index (χ0n) is 11.3. The fraction of sp³-hybridized carbons (Fsp3) is 0.600. The number of benzene rings is 1. The molecule has 0 saturated heterocycles. The predicted octanol–water partition coefficient (Wildman–Crippen LogP) is 3.33. The van der Waals surface area contributed by atoms with Gasteiger partial charge in [0.05, 0.1) is 4.90 Å². The van der Waals surface area contributed by atoms with Crippen LogP contribution >= 0.6 is 0 Å². The number of rotatable bonds is 5. The highest BCUT2D eigenvalue weighted by molar-refractivity contribution is 7.89. The van der Waals surface area contributed by atoms with Crippen molar-refractivity contribution < 1.29 is 8.42 Å². The molecule has 1 aliphatic carbocycles. The van der Waals surface area contributed by atoms with E-state index in [9.17, 15) is 8.42 Å². The Balaban J connectivity index is 1.81. The lowest BCUT2D eigenvalue weighted by atomic mass is 9.97. The molecule has 19 heavy (non-hydrogen) atoms. The van der Waals surface area contributed by atoms with Gasteiger partial charge >= 0.3 is 0 Å². The van der Waals surface area contributed by atoms with Crippen LogP contribution in [0.5, 0.6) is 0 Å². The summed E-state index contributed by atoms with van der Waals surface area (Å²) >= 11 is 0. The molecule has 0 bridgehead atoms. The van der Waals surface area contributed by atoms with Gasteiger partial charge in [0.15, 0.2) is 0 Å². The fourth-order valence-electron chi connectivity index (χ4n) is 2.73. The minimum atomic E-state index is -3.32. The first kappa shape index (κ1) is 14.5. The van der Waals surface area contributed by atoms with E-state index in [1.807, 2.05) is 6.07 Å². The molecule has 0 unspecified atom stereocenters. The minimum Gasteiger partial charge on any atom is -0.211 e. The van der Waals surface area contributed by atoms with E-state index < -0.39 is 10.0 Å². The van der Waals surface area contributed by atoms with Crippen LogP contribution in [0.3, 0.4) is 0 Å². The summed E-state index contributed by atoms with van der Waals surface area (Å²) in [6, 6.07) is 8.59. The predicted molar refractivity (Wildman–Crippen MR) is 77.4 cm³/mol. The van der Waals surface area contributed by atoms with Crippen LogP contribution in [0.1, 0.15) is 44.9 Å². The number of hydrogen-bond donors (Lipinski definition) is 1. The first-order valence-electron chi connectivity index (χ1n) is 7.23. The van der Waals surface area contributed by atoms with E-state index >= 15 is 0 Å². The Morgan fingerprint density at radius 3 is 2.26 bits per heavy atom. The molecular weight excluding hydrogens is 258 g/mol. The summed E-state index contributed by atoms with van der Waals surface area (Å²) in [5, 5.41) is 0. The van der Waals surface area contributed by atoms with Gasteiger partial charge < -0.3 is 0 Å². The zero-order chi connectivity index (χ0) is 13.6. The van der Waals surface area contributed by atoms with Gasteiger partial charge in [0.2, 0.25) is 10.0 Å². The van der Waals surface area contributed by atoms with Crippen molar-refractivity contribution in [3.8, 4) is 0 Å². The molecule has 0 atom stereocenters. The zero-order valence-corrected chi connectivity index (χ0v) is 12.2. The van der Waals surface area contributed by atoms with Crippen LogP contribution in [0.25, 0.3) is 0 Å². The average molecular weight is 281 g/mol. The lowest BCUT2D eigenvalue weighted by molar-refractivity contribution is 0.427. The van der Waals surface area contributed by atoms with Crippen molar-refractivity contribution in [2.24, 2.45) is 5.92 Å². The van der Waals surface area contributed by atoms with Gasteiger partial charge in [0, 0.05) is 6.54 Å². The normalized spacial score (nSPS) is 18.1. The largest absolute Gasteiger partial charge is 0.240 e. The van der Waals surface area contributed by atoms with Crippen molar-refractivity contribution in [3.05, 3.63) is 30.3 Å². The molecule has 0 aromatic heterocycles. The Labute approximate surface area is 116 Å². The van der Waals surface area contributed by atoms with Crippen molar-refractivity contribution >= 4 is 10.0 Å². The molecule has 1 N–H and O–H groups in total. The molecule has 2 rings (SSSR count). The maximum atomic E-state index is 12.0. The summed E-state index contributed by atoms with van der Waals surface area (Å²) in [4.78, 5) is 0.357. The molecule has 1 aromatic carbocycles. The van der Waals surface area contributed by atoms with E-state index in [2.05, 4.69) is 4.72 Å². The Kier molecular flexibility index (Phi) is 5.40. The summed E-state index contributed by atoms with van der Waals surface area (Å²) < 4.78 is 26.8. The summed E-state index contributed by atoms with van der Waals surface area (Å²) in [6.07, 6.45) is 8.76. The Bertz CT molecular complexity index is 462. The van der Waals surface area contributed by atoms with Crippen molar-refractivity contribution in [2.45, 2.75) is 49.8 Å². The van der Waals surface area contributed by atoms with Crippen molar-refractivity contribution in [1.29, 1.82) is 0 Å². The Morgan fingerprint density at radius 2 is 1.63 bits per heavy atom. The van der Waals surface area contributed by atoms with Crippen LogP contribution in [0.4, 0.5) is 0 Å². The van der Waals surface area contributed by atoms with Crippen LogP contribution < -0.4 is 4.72 Å². The van der Waals surface area contributed by atoms with Gasteiger partial charge in [-0.25, -0.2) is 13.1 Å². The standard InChI is InChI=1S/C15H23NO2S/c17-19(18,15-10-6-3-7-11-15)16-13-12-14-8-4-1-2-5-9-14/h3,6-7,10-11,14,16H,1-2,4-5,8-9,12-13H2. The van der Waals surface area contributed by atoms with Crippen molar-refractivity contribution in [3.63, 3.8) is 0 Å². The van der Waals surface area contributed by atoms with Gasteiger partial charge in [-0.3, -0.25) is 0 Å². The summed E-state index contributed by atoms with van der Waals surface area (Å²) in [6.45, 7) is 0.557. The molecule has 1 aliphatic rings. The SMILES string of the molecule is O=S(=O)(NCCC1CCCCCC1)c1ccccc1. The second-order valence-electron chi connectivity index (χ2n) is 5.36. The monoisotopic (exact) mass is 281 g/mol. The van der Waals surface area contributed by atoms with E-state index in [0.29, 0.717) is 17.4 Å². The molecule has 0 spiro atoms. The second-order valence-corrected chi connectivity index (χ2v) is 7.12. The highest BCUT2D eigenvalue weighted by Crippen LogP contribution is 2.25. The second kappa shape index (κ2) is 7.06. The average Bonchev–Trinajstić information content (AvgIpc) is 2.68. The molecule has 3 nitrogen and oxygen atoms in total. The molecule has 0 amide bonds. The van der Waals surface area contributed by atoms with E-state index in [4.69, 9.17) is 0 Å². The molecule has 0 heterocycles. The fourth-order valence-corrected chi connectivity index (χ4v) is 3.80. The smallest absolute Gasteiger partial charge is 0.211 e. The first-order chi connectivity index (χ1) is 9.18. The van der Waals surface area contributed by atoms with Gasteiger partial charge in [0.25, 0.3) is 0 Å². The van der Waals surface area contributed by atoms with Crippen LogP contribution in [0, 0.1) is 5.92 Å². The van der Waals surface area contributed by atoms with Crippen molar-refractivity contribution in [1.82, 2.24) is 4.72 Å². The molecule has 0 radical (unpaired) electrons. The maximum Gasteiger partial charge on any atom is 0.240 e. The first-order valence-corrected chi connectivity index (χ1v) is 8.71. The van der Waals surface area contributed by atoms with E-state index in [1.54, 1.807) is 24.3 Å². The van der Waals surface area contributed by atoms with Gasteiger partial charge in [-0.1, -0.05) is 56.7 Å². The number of hydrogen-bond acceptors (Lipinski definition) is 2. The summed E-state index contributed by atoms with van der Waals surface area (Å²) in [7, 11) is -3.32. The molecule has 4 heteroatoms. The Morgan fingerprint density at radius 1 is 1.00 bits per heavy atom. The van der Waals surface area contributed by atoms with Crippen LogP contribution in [-0.2, 0) is 10.0 Å².